The van der Waals surface area contributed by atoms with E-state index in [2.05, 4.69) is 48.5 Å². The van der Waals surface area contributed by atoms with Crippen molar-refractivity contribution in [2.24, 2.45) is 0 Å². The van der Waals surface area contributed by atoms with Crippen LogP contribution in [0, 0.1) is 6.92 Å². The summed E-state index contributed by atoms with van der Waals surface area (Å²) in [5.74, 6) is 0. The number of nitrogens with one attached hydrogen (secondary N) is 1. The van der Waals surface area contributed by atoms with Crippen LogP contribution in [0.1, 0.15) is 49.7 Å². The molecular formula is C18H30N2. The van der Waals surface area contributed by atoms with Crippen molar-refractivity contribution in [1.82, 2.24) is 10.2 Å². The quantitative estimate of drug-likeness (QED) is 0.762. The van der Waals surface area contributed by atoms with Crippen molar-refractivity contribution >= 4 is 0 Å². The molecule has 1 aromatic rings. The van der Waals surface area contributed by atoms with Gasteiger partial charge in [-0.1, -0.05) is 43.5 Å². The van der Waals surface area contributed by atoms with Crippen LogP contribution in [0.5, 0.6) is 0 Å². The monoisotopic (exact) mass is 274 g/mol. The molecule has 0 bridgehead atoms. The topological polar surface area (TPSA) is 15.3 Å². The van der Waals surface area contributed by atoms with Crippen molar-refractivity contribution in [3.05, 3.63) is 35.4 Å². The molecule has 2 rings (SSSR count). The van der Waals surface area contributed by atoms with E-state index >= 15 is 0 Å². The van der Waals surface area contributed by atoms with E-state index in [1.165, 1.54) is 62.7 Å². The molecule has 0 heterocycles. The molecular weight excluding hydrogens is 244 g/mol. The van der Waals surface area contributed by atoms with Crippen LogP contribution in [0.4, 0.5) is 0 Å². The van der Waals surface area contributed by atoms with Crippen molar-refractivity contribution in [2.75, 3.05) is 20.1 Å². The maximum Gasteiger partial charge on any atom is 0.0233 e. The molecule has 0 unspecified atom stereocenters. The van der Waals surface area contributed by atoms with Crippen LogP contribution in [0.25, 0.3) is 0 Å². The van der Waals surface area contributed by atoms with Gasteiger partial charge in [0.05, 0.1) is 0 Å². The number of benzene rings is 1. The van der Waals surface area contributed by atoms with Crippen LogP contribution < -0.4 is 5.32 Å². The molecule has 0 radical (unpaired) electrons. The van der Waals surface area contributed by atoms with Gasteiger partial charge in [0, 0.05) is 12.6 Å². The second kappa shape index (κ2) is 8.43. The fourth-order valence-corrected chi connectivity index (χ4v) is 3.12. The Kier molecular flexibility index (Phi) is 6.55. The Balaban J connectivity index is 1.60. The van der Waals surface area contributed by atoms with Crippen molar-refractivity contribution in [1.29, 1.82) is 0 Å². The van der Waals surface area contributed by atoms with Gasteiger partial charge in [0.25, 0.3) is 0 Å². The Morgan fingerprint density at radius 3 is 2.65 bits per heavy atom. The summed E-state index contributed by atoms with van der Waals surface area (Å²) in [6.07, 6.45) is 8.31. The molecule has 0 spiro atoms. The first-order valence-electron chi connectivity index (χ1n) is 8.22. The SMILES string of the molecule is Cc1ccccc1CN(C)CCCNC1CCCCC1. The minimum Gasteiger partial charge on any atom is -0.314 e. The molecule has 1 fully saturated rings. The van der Waals surface area contributed by atoms with E-state index in [-0.39, 0.29) is 0 Å². The Labute approximate surface area is 124 Å². The summed E-state index contributed by atoms with van der Waals surface area (Å²) in [7, 11) is 2.23. The molecule has 0 atom stereocenters. The second-order valence-electron chi connectivity index (χ2n) is 6.31. The number of nitrogens with zero attached hydrogens (tertiary/aromatic N) is 1. The first-order valence-corrected chi connectivity index (χ1v) is 8.22. The molecule has 112 valence electrons. The molecule has 0 saturated heterocycles. The Bertz CT molecular complexity index is 383. The van der Waals surface area contributed by atoms with Crippen LogP contribution in [0.15, 0.2) is 24.3 Å². The standard InChI is InChI=1S/C18H30N2/c1-16-9-6-7-10-17(16)15-20(2)14-8-13-19-18-11-4-3-5-12-18/h6-7,9-10,18-19H,3-5,8,11-15H2,1-2H3. The van der Waals surface area contributed by atoms with E-state index in [0.29, 0.717) is 0 Å². The van der Waals surface area contributed by atoms with Gasteiger partial charge >= 0.3 is 0 Å². The summed E-state index contributed by atoms with van der Waals surface area (Å²) in [4.78, 5) is 2.44. The lowest BCUT2D eigenvalue weighted by molar-refractivity contribution is 0.307. The van der Waals surface area contributed by atoms with E-state index in [1.54, 1.807) is 0 Å². The van der Waals surface area contributed by atoms with Gasteiger partial charge in [-0.05, 0) is 57.5 Å². The number of hydrogen-bond donors (Lipinski definition) is 1. The molecule has 0 aromatic heterocycles. The maximum atomic E-state index is 3.73. The van der Waals surface area contributed by atoms with Crippen molar-refractivity contribution in [3.63, 3.8) is 0 Å². The summed E-state index contributed by atoms with van der Waals surface area (Å²) in [5, 5.41) is 3.73. The lowest BCUT2D eigenvalue weighted by atomic mass is 9.95. The van der Waals surface area contributed by atoms with Crippen LogP contribution in [-0.2, 0) is 6.54 Å². The average molecular weight is 274 g/mol. The van der Waals surface area contributed by atoms with Gasteiger partial charge in [0.15, 0.2) is 0 Å². The smallest absolute Gasteiger partial charge is 0.0233 e. The summed E-state index contributed by atoms with van der Waals surface area (Å²) < 4.78 is 0. The summed E-state index contributed by atoms with van der Waals surface area (Å²) >= 11 is 0. The Morgan fingerprint density at radius 2 is 1.90 bits per heavy atom. The van der Waals surface area contributed by atoms with Crippen molar-refractivity contribution < 1.29 is 0 Å². The van der Waals surface area contributed by atoms with E-state index in [1.807, 2.05) is 0 Å². The summed E-state index contributed by atoms with van der Waals surface area (Å²) in [6, 6.07) is 9.50. The molecule has 1 N–H and O–H groups in total. The lowest BCUT2D eigenvalue weighted by Gasteiger charge is -2.23. The third kappa shape index (κ3) is 5.26. The minimum atomic E-state index is 0.797. The highest BCUT2D eigenvalue weighted by molar-refractivity contribution is 5.25. The first kappa shape index (κ1) is 15.5. The first-order chi connectivity index (χ1) is 9.75. The second-order valence-corrected chi connectivity index (χ2v) is 6.31. The van der Waals surface area contributed by atoms with Crippen molar-refractivity contribution in [3.8, 4) is 0 Å². The number of hydrogen-bond acceptors (Lipinski definition) is 2. The van der Waals surface area contributed by atoms with Crippen LogP contribution >= 0.6 is 0 Å². The Morgan fingerprint density at radius 1 is 1.15 bits per heavy atom. The third-order valence-electron chi connectivity index (χ3n) is 4.46. The van der Waals surface area contributed by atoms with Crippen molar-refractivity contribution in [2.45, 2.75) is 58.0 Å². The molecule has 0 amide bonds. The van der Waals surface area contributed by atoms with E-state index in [4.69, 9.17) is 0 Å². The number of rotatable bonds is 7. The highest BCUT2D eigenvalue weighted by Gasteiger charge is 2.11. The minimum absolute atomic E-state index is 0.797. The van der Waals surface area contributed by atoms with Gasteiger partial charge in [-0.15, -0.1) is 0 Å². The molecule has 1 aliphatic carbocycles. The normalized spacial score (nSPS) is 16.8. The molecule has 2 heteroatoms. The van der Waals surface area contributed by atoms with Gasteiger partial charge in [0.2, 0.25) is 0 Å². The summed E-state index contributed by atoms with van der Waals surface area (Å²) in [5.41, 5.74) is 2.86. The fourth-order valence-electron chi connectivity index (χ4n) is 3.12. The predicted molar refractivity (Wildman–Crippen MR) is 87.0 cm³/mol. The fraction of sp³-hybridized carbons (Fsp3) is 0.667. The molecule has 0 aliphatic heterocycles. The van der Waals surface area contributed by atoms with Crippen LogP contribution in [0.3, 0.4) is 0 Å². The van der Waals surface area contributed by atoms with Gasteiger partial charge in [-0.25, -0.2) is 0 Å². The zero-order valence-corrected chi connectivity index (χ0v) is 13.2. The predicted octanol–water partition coefficient (Wildman–Crippen LogP) is 3.74. The molecule has 1 aromatic carbocycles. The highest BCUT2D eigenvalue weighted by atomic mass is 15.1. The van der Waals surface area contributed by atoms with Gasteiger partial charge < -0.3 is 10.2 Å². The lowest BCUT2D eigenvalue weighted by Crippen LogP contribution is -2.33. The maximum absolute atomic E-state index is 3.73. The average Bonchev–Trinajstić information content (AvgIpc) is 2.47. The molecule has 1 saturated carbocycles. The molecule has 1 aliphatic rings. The van der Waals surface area contributed by atoms with E-state index in [9.17, 15) is 0 Å². The van der Waals surface area contributed by atoms with E-state index in [0.717, 1.165) is 12.6 Å². The highest BCUT2D eigenvalue weighted by Crippen LogP contribution is 2.17. The van der Waals surface area contributed by atoms with Gasteiger partial charge in [0.1, 0.15) is 0 Å². The zero-order chi connectivity index (χ0) is 14.2. The third-order valence-corrected chi connectivity index (χ3v) is 4.46. The summed E-state index contributed by atoms with van der Waals surface area (Å²) in [6.45, 7) is 5.61. The van der Waals surface area contributed by atoms with E-state index < -0.39 is 0 Å². The van der Waals surface area contributed by atoms with Gasteiger partial charge in [-0.2, -0.15) is 0 Å². The molecule has 2 nitrogen and oxygen atoms in total. The molecule has 20 heavy (non-hydrogen) atoms. The van der Waals surface area contributed by atoms with Gasteiger partial charge in [-0.3, -0.25) is 0 Å². The largest absolute Gasteiger partial charge is 0.314 e. The Hall–Kier alpha value is -0.860. The number of aryl methyl sites for hydroxylation is 1. The van der Waals surface area contributed by atoms with Crippen LogP contribution in [0.2, 0.25) is 0 Å². The zero-order valence-electron chi connectivity index (χ0n) is 13.2. The van der Waals surface area contributed by atoms with Crippen LogP contribution in [-0.4, -0.2) is 31.1 Å².